The summed E-state index contributed by atoms with van der Waals surface area (Å²) in [6, 6.07) is 17.7. The lowest BCUT2D eigenvalue weighted by atomic mass is 10.0. The highest BCUT2D eigenvalue weighted by Gasteiger charge is 2.37. The van der Waals surface area contributed by atoms with Gasteiger partial charge in [0.05, 0.1) is 16.8 Å². The van der Waals surface area contributed by atoms with E-state index in [9.17, 15) is 14.4 Å². The molecular weight excluding hydrogens is 364 g/mol. The van der Waals surface area contributed by atoms with E-state index in [2.05, 4.69) is 5.32 Å². The van der Waals surface area contributed by atoms with Crippen LogP contribution in [0.15, 0.2) is 60.7 Å². The molecule has 1 aliphatic rings. The van der Waals surface area contributed by atoms with Crippen LogP contribution in [0.3, 0.4) is 0 Å². The summed E-state index contributed by atoms with van der Waals surface area (Å²) in [5.74, 6) is -1.11. The molecule has 1 N–H and O–H groups in total. The predicted molar refractivity (Wildman–Crippen MR) is 113 cm³/mol. The minimum absolute atomic E-state index is 0.242. The second-order valence-corrected chi connectivity index (χ2v) is 7.27. The molecule has 0 unspecified atom stereocenters. The minimum Gasteiger partial charge on any atom is -0.322 e. The fourth-order valence-corrected chi connectivity index (χ4v) is 3.48. The van der Waals surface area contributed by atoms with Gasteiger partial charge in [-0.3, -0.25) is 14.4 Å². The second-order valence-electron chi connectivity index (χ2n) is 7.27. The molecule has 0 radical (unpaired) electrons. The van der Waals surface area contributed by atoms with Gasteiger partial charge >= 0.3 is 0 Å². The van der Waals surface area contributed by atoms with Crippen molar-refractivity contribution in [2.24, 2.45) is 0 Å². The summed E-state index contributed by atoms with van der Waals surface area (Å²) in [6.45, 7) is 5.72. The third kappa shape index (κ3) is 3.21. The maximum Gasteiger partial charge on any atom is 0.266 e. The standard InChI is InChI=1S/C24H20N2O3/c1-14-8-9-15(2)20(12-14)25-22(27)17-10-11-18-19(13-17)24(29)26(23(18)28)21-7-5-4-6-16(21)3/h4-13H,1-3H3,(H,25,27). The third-order valence-corrected chi connectivity index (χ3v) is 5.15. The number of hydrogen-bond donors (Lipinski definition) is 1. The minimum atomic E-state index is -0.416. The molecule has 3 amide bonds. The smallest absolute Gasteiger partial charge is 0.266 e. The summed E-state index contributed by atoms with van der Waals surface area (Å²) in [6.07, 6.45) is 0. The van der Waals surface area contributed by atoms with Gasteiger partial charge in [0.1, 0.15) is 0 Å². The van der Waals surface area contributed by atoms with Crippen LogP contribution in [0.25, 0.3) is 0 Å². The Morgan fingerprint density at radius 2 is 1.52 bits per heavy atom. The van der Waals surface area contributed by atoms with Crippen LogP contribution in [-0.2, 0) is 0 Å². The number of nitrogens with zero attached hydrogens (tertiary/aromatic N) is 1. The number of fused-ring (bicyclic) bond motifs is 1. The van der Waals surface area contributed by atoms with Crippen LogP contribution < -0.4 is 10.2 Å². The molecular formula is C24H20N2O3. The van der Waals surface area contributed by atoms with E-state index in [0.717, 1.165) is 22.4 Å². The van der Waals surface area contributed by atoms with E-state index < -0.39 is 5.91 Å². The molecule has 0 saturated heterocycles. The summed E-state index contributed by atoms with van der Waals surface area (Å²) in [5.41, 5.74) is 4.97. The third-order valence-electron chi connectivity index (χ3n) is 5.15. The summed E-state index contributed by atoms with van der Waals surface area (Å²) in [4.78, 5) is 39.7. The van der Waals surface area contributed by atoms with Crippen LogP contribution in [0.1, 0.15) is 47.8 Å². The monoisotopic (exact) mass is 384 g/mol. The first kappa shape index (κ1) is 18.6. The molecule has 5 nitrogen and oxygen atoms in total. The van der Waals surface area contributed by atoms with E-state index in [1.165, 1.54) is 11.0 Å². The molecule has 0 atom stereocenters. The van der Waals surface area contributed by atoms with Gasteiger partial charge in [-0.2, -0.15) is 0 Å². The van der Waals surface area contributed by atoms with Gasteiger partial charge in [0.15, 0.2) is 0 Å². The summed E-state index contributed by atoms with van der Waals surface area (Å²) in [7, 11) is 0. The van der Waals surface area contributed by atoms with E-state index >= 15 is 0 Å². The second kappa shape index (κ2) is 7.02. The Bertz CT molecular complexity index is 1180. The molecule has 3 aromatic rings. The van der Waals surface area contributed by atoms with Crippen LogP contribution in [0, 0.1) is 20.8 Å². The number of amides is 3. The lowest BCUT2D eigenvalue weighted by Crippen LogP contribution is -2.29. The molecule has 1 heterocycles. The number of benzene rings is 3. The van der Waals surface area contributed by atoms with Gasteiger partial charge in [0.2, 0.25) is 0 Å². The van der Waals surface area contributed by atoms with Crippen molar-refractivity contribution in [3.8, 4) is 0 Å². The number of aryl methyl sites for hydroxylation is 3. The molecule has 0 spiro atoms. The largest absolute Gasteiger partial charge is 0.322 e. The number of anilines is 2. The van der Waals surface area contributed by atoms with Crippen molar-refractivity contribution in [2.75, 3.05) is 10.2 Å². The number of rotatable bonds is 3. The van der Waals surface area contributed by atoms with Gasteiger partial charge in [-0.1, -0.05) is 30.3 Å². The molecule has 1 aliphatic heterocycles. The zero-order valence-electron chi connectivity index (χ0n) is 16.4. The van der Waals surface area contributed by atoms with E-state index in [4.69, 9.17) is 0 Å². The van der Waals surface area contributed by atoms with E-state index in [1.807, 2.05) is 51.1 Å². The molecule has 0 aliphatic carbocycles. The number of carbonyl (C=O) groups is 3. The maximum absolute atomic E-state index is 13.0. The van der Waals surface area contributed by atoms with Crippen molar-refractivity contribution in [1.29, 1.82) is 0 Å². The van der Waals surface area contributed by atoms with E-state index in [0.29, 0.717) is 16.8 Å². The molecule has 144 valence electrons. The highest BCUT2D eigenvalue weighted by atomic mass is 16.2. The summed E-state index contributed by atoms with van der Waals surface area (Å²) < 4.78 is 0. The fourth-order valence-electron chi connectivity index (χ4n) is 3.48. The van der Waals surface area contributed by atoms with Gasteiger partial charge < -0.3 is 5.32 Å². The molecule has 0 bridgehead atoms. The van der Waals surface area contributed by atoms with Crippen molar-refractivity contribution in [3.63, 3.8) is 0 Å². The first-order valence-electron chi connectivity index (χ1n) is 9.34. The van der Waals surface area contributed by atoms with Gasteiger partial charge in [0, 0.05) is 11.3 Å². The normalized spacial score (nSPS) is 12.9. The van der Waals surface area contributed by atoms with Crippen molar-refractivity contribution < 1.29 is 14.4 Å². The maximum atomic E-state index is 13.0. The van der Waals surface area contributed by atoms with Gasteiger partial charge in [0.25, 0.3) is 17.7 Å². The quantitative estimate of drug-likeness (QED) is 0.668. The van der Waals surface area contributed by atoms with Crippen LogP contribution in [-0.4, -0.2) is 17.7 Å². The number of para-hydroxylation sites is 1. The Morgan fingerprint density at radius 3 is 2.28 bits per heavy atom. The van der Waals surface area contributed by atoms with Crippen molar-refractivity contribution >= 4 is 29.1 Å². The molecule has 0 saturated carbocycles. The highest BCUT2D eigenvalue weighted by Crippen LogP contribution is 2.31. The van der Waals surface area contributed by atoms with Crippen molar-refractivity contribution in [3.05, 3.63) is 94.0 Å². The van der Waals surface area contributed by atoms with E-state index in [-0.39, 0.29) is 17.4 Å². The molecule has 29 heavy (non-hydrogen) atoms. The number of carbonyl (C=O) groups excluding carboxylic acids is 3. The topological polar surface area (TPSA) is 66.5 Å². The van der Waals surface area contributed by atoms with E-state index in [1.54, 1.807) is 24.3 Å². The molecule has 4 rings (SSSR count). The number of imide groups is 1. The zero-order valence-corrected chi connectivity index (χ0v) is 16.4. The van der Waals surface area contributed by atoms with Crippen molar-refractivity contribution in [2.45, 2.75) is 20.8 Å². The Hall–Kier alpha value is -3.73. The Kier molecular flexibility index (Phi) is 4.51. The molecule has 0 aromatic heterocycles. The van der Waals surface area contributed by atoms with Crippen molar-refractivity contribution in [1.82, 2.24) is 0 Å². The lowest BCUT2D eigenvalue weighted by molar-refractivity contribution is 0.0925. The van der Waals surface area contributed by atoms with Gasteiger partial charge in [-0.25, -0.2) is 4.90 Å². The molecule has 5 heteroatoms. The summed E-state index contributed by atoms with van der Waals surface area (Å²) >= 11 is 0. The molecule has 0 fully saturated rings. The fraction of sp³-hybridized carbons (Fsp3) is 0.125. The summed E-state index contributed by atoms with van der Waals surface area (Å²) in [5, 5.41) is 2.89. The first-order valence-corrected chi connectivity index (χ1v) is 9.34. The Balaban J connectivity index is 1.66. The molecule has 3 aromatic carbocycles. The average molecular weight is 384 g/mol. The van der Waals surface area contributed by atoms with Gasteiger partial charge in [-0.15, -0.1) is 0 Å². The average Bonchev–Trinajstić information content (AvgIpc) is 2.95. The van der Waals surface area contributed by atoms with Gasteiger partial charge in [-0.05, 0) is 67.8 Å². The Morgan fingerprint density at radius 1 is 0.793 bits per heavy atom. The van der Waals surface area contributed by atoms with Crippen LogP contribution in [0.5, 0.6) is 0 Å². The predicted octanol–water partition coefficient (Wildman–Crippen LogP) is 4.66. The lowest BCUT2D eigenvalue weighted by Gasteiger charge is -2.16. The van der Waals surface area contributed by atoms with Crippen LogP contribution >= 0.6 is 0 Å². The van der Waals surface area contributed by atoms with Crippen LogP contribution in [0.4, 0.5) is 11.4 Å². The number of nitrogens with one attached hydrogen (secondary N) is 1. The number of hydrogen-bond acceptors (Lipinski definition) is 3. The zero-order chi connectivity index (χ0) is 20.7. The van der Waals surface area contributed by atoms with Crippen LogP contribution in [0.2, 0.25) is 0 Å². The first-order chi connectivity index (χ1) is 13.9. The SMILES string of the molecule is Cc1ccc(C)c(NC(=O)c2ccc3c(c2)C(=O)N(c2ccccc2C)C3=O)c1. The Labute approximate surface area is 169 Å². The highest BCUT2D eigenvalue weighted by molar-refractivity contribution is 6.35.